The average Bonchev–Trinajstić information content (AvgIpc) is 3.22. The molecule has 2 heterocycles. The van der Waals surface area contributed by atoms with Crippen LogP contribution in [0.25, 0.3) is 0 Å². The number of carboxylic acid groups (broad SMARTS) is 1. The summed E-state index contributed by atoms with van der Waals surface area (Å²) in [6.45, 7) is 6.61. The van der Waals surface area contributed by atoms with Gasteiger partial charge in [-0.05, 0) is 73.7 Å². The fraction of sp³-hybridized carbons (Fsp3) is 0.955. The average molecular weight is 401 g/mol. The summed E-state index contributed by atoms with van der Waals surface area (Å²) >= 11 is 1.96. The molecule has 0 spiro atoms. The van der Waals surface area contributed by atoms with Crippen LogP contribution in [0.5, 0.6) is 0 Å². The highest BCUT2D eigenvalue weighted by Crippen LogP contribution is 2.47. The van der Waals surface area contributed by atoms with Gasteiger partial charge in [0.05, 0.1) is 18.3 Å². The van der Waals surface area contributed by atoms with Gasteiger partial charge in [-0.25, -0.2) is 0 Å². The molecule has 2 bridgehead atoms. The fourth-order valence-electron chi connectivity index (χ4n) is 4.74. The number of carboxylic acids is 1. The first kappa shape index (κ1) is 23.0. The van der Waals surface area contributed by atoms with Crippen LogP contribution >= 0.6 is 11.8 Å². The zero-order valence-corrected chi connectivity index (χ0v) is 18.3. The zero-order valence-electron chi connectivity index (χ0n) is 17.5. The molecule has 0 aromatic carbocycles. The van der Waals surface area contributed by atoms with Crippen molar-refractivity contribution >= 4 is 17.7 Å². The van der Waals surface area contributed by atoms with Crippen molar-refractivity contribution in [1.82, 2.24) is 0 Å². The van der Waals surface area contributed by atoms with E-state index in [0.717, 1.165) is 43.6 Å². The first-order valence-corrected chi connectivity index (χ1v) is 12.1. The second-order valence-electron chi connectivity index (χ2n) is 9.23. The van der Waals surface area contributed by atoms with Crippen molar-refractivity contribution in [3.05, 3.63) is 0 Å². The number of aliphatic carboxylic acids is 1. The Labute approximate surface area is 169 Å². The molecule has 2 N–H and O–H groups in total. The molecule has 5 heteroatoms. The molecule has 2 aliphatic heterocycles. The van der Waals surface area contributed by atoms with Gasteiger partial charge in [0.25, 0.3) is 0 Å². The molecule has 2 fully saturated rings. The summed E-state index contributed by atoms with van der Waals surface area (Å²) < 4.78 is 6.22. The summed E-state index contributed by atoms with van der Waals surface area (Å²) in [5, 5.41) is 19.5. The molecule has 0 aromatic heterocycles. The number of fused-ring (bicyclic) bond motifs is 2. The second-order valence-corrected chi connectivity index (χ2v) is 10.4. The van der Waals surface area contributed by atoms with Crippen molar-refractivity contribution in [1.29, 1.82) is 0 Å². The predicted molar refractivity (Wildman–Crippen MR) is 112 cm³/mol. The first-order chi connectivity index (χ1) is 12.8. The van der Waals surface area contributed by atoms with Gasteiger partial charge >= 0.3 is 5.97 Å². The minimum absolute atomic E-state index is 0.00285. The number of aliphatic hydroxyl groups excluding tert-OH is 1. The highest BCUT2D eigenvalue weighted by molar-refractivity contribution is 7.99. The highest BCUT2D eigenvalue weighted by atomic mass is 32.2. The maximum absolute atomic E-state index is 10.7. The first-order valence-electron chi connectivity index (χ1n) is 11.0. The lowest BCUT2D eigenvalue weighted by molar-refractivity contribution is -0.137. The summed E-state index contributed by atoms with van der Waals surface area (Å²) in [7, 11) is 0. The van der Waals surface area contributed by atoms with Crippen LogP contribution in [-0.4, -0.2) is 46.0 Å². The monoisotopic (exact) mass is 400 g/mol. The summed E-state index contributed by atoms with van der Waals surface area (Å²) in [4.78, 5) is 10.6. The molecular formula is C22H40O4S. The lowest BCUT2D eigenvalue weighted by atomic mass is 9.74. The van der Waals surface area contributed by atoms with Crippen LogP contribution in [-0.2, 0) is 9.53 Å². The summed E-state index contributed by atoms with van der Waals surface area (Å²) in [6.07, 6.45) is 10.4. The Morgan fingerprint density at radius 1 is 1.19 bits per heavy atom. The van der Waals surface area contributed by atoms with E-state index in [4.69, 9.17) is 9.84 Å². The van der Waals surface area contributed by atoms with Gasteiger partial charge in [-0.15, -0.1) is 0 Å². The van der Waals surface area contributed by atoms with Crippen molar-refractivity contribution < 1.29 is 19.7 Å². The van der Waals surface area contributed by atoms with Crippen molar-refractivity contribution in [2.24, 2.45) is 17.3 Å². The van der Waals surface area contributed by atoms with Crippen molar-refractivity contribution in [3.8, 4) is 0 Å². The van der Waals surface area contributed by atoms with Crippen LogP contribution in [0.4, 0.5) is 0 Å². The van der Waals surface area contributed by atoms with E-state index in [0.29, 0.717) is 24.0 Å². The summed E-state index contributed by atoms with van der Waals surface area (Å²) in [6, 6.07) is 0. The molecule has 0 saturated carbocycles. The standard InChI is InChI=1S/C22H40O4S/c1-4-5-13-22(2,3)20(23)12-9-16-17(19-11-10-18(16)26-19)15-27-14-7-6-8-21(24)25/h16-20,23H,4-15H2,1-3H3,(H,24,25). The number of unbranched alkanes of at least 4 members (excludes halogenated alkanes) is 2. The van der Waals surface area contributed by atoms with Gasteiger partial charge in [-0.1, -0.05) is 33.6 Å². The lowest BCUT2D eigenvalue weighted by Gasteiger charge is -2.33. The smallest absolute Gasteiger partial charge is 0.303 e. The van der Waals surface area contributed by atoms with Gasteiger partial charge in [0.15, 0.2) is 0 Å². The topological polar surface area (TPSA) is 66.8 Å². The minimum atomic E-state index is -0.693. The molecule has 0 amide bonds. The molecule has 2 aliphatic rings. The number of hydrogen-bond acceptors (Lipinski definition) is 4. The maximum Gasteiger partial charge on any atom is 0.303 e. The summed E-state index contributed by atoms with van der Waals surface area (Å²) in [5.74, 6) is 2.67. The normalized spacial score (nSPS) is 28.6. The van der Waals surface area contributed by atoms with Crippen LogP contribution in [0.3, 0.4) is 0 Å². The van der Waals surface area contributed by atoms with E-state index < -0.39 is 5.97 Å². The molecule has 2 rings (SSSR count). The molecule has 5 atom stereocenters. The highest BCUT2D eigenvalue weighted by Gasteiger charge is 2.48. The third-order valence-electron chi connectivity index (χ3n) is 6.68. The van der Waals surface area contributed by atoms with Gasteiger partial charge < -0.3 is 14.9 Å². The number of aliphatic hydroxyl groups is 1. The van der Waals surface area contributed by atoms with E-state index in [2.05, 4.69) is 20.8 Å². The van der Waals surface area contributed by atoms with E-state index in [1.807, 2.05) is 11.8 Å². The third-order valence-corrected chi connectivity index (χ3v) is 7.88. The number of ether oxygens (including phenoxy) is 1. The molecule has 2 saturated heterocycles. The Bertz CT molecular complexity index is 454. The van der Waals surface area contributed by atoms with Crippen LogP contribution in [0.1, 0.15) is 85.0 Å². The van der Waals surface area contributed by atoms with E-state index in [1.165, 1.54) is 25.7 Å². The van der Waals surface area contributed by atoms with Crippen LogP contribution in [0.15, 0.2) is 0 Å². The van der Waals surface area contributed by atoms with Gasteiger partial charge in [-0.2, -0.15) is 11.8 Å². The van der Waals surface area contributed by atoms with Crippen molar-refractivity contribution in [2.45, 2.75) is 103 Å². The second kappa shape index (κ2) is 11.1. The lowest BCUT2D eigenvalue weighted by Crippen LogP contribution is -2.33. The maximum atomic E-state index is 10.7. The molecular weight excluding hydrogens is 360 g/mol. The van der Waals surface area contributed by atoms with Gasteiger partial charge in [0.2, 0.25) is 0 Å². The Morgan fingerprint density at radius 2 is 1.89 bits per heavy atom. The zero-order chi connectivity index (χ0) is 19.9. The Kier molecular flexibility index (Phi) is 9.43. The van der Waals surface area contributed by atoms with Crippen LogP contribution < -0.4 is 0 Å². The van der Waals surface area contributed by atoms with E-state index >= 15 is 0 Å². The van der Waals surface area contributed by atoms with Crippen molar-refractivity contribution in [2.75, 3.05) is 11.5 Å². The predicted octanol–water partition coefficient (Wildman–Crippen LogP) is 5.13. The van der Waals surface area contributed by atoms with Crippen LogP contribution in [0, 0.1) is 17.3 Å². The van der Waals surface area contributed by atoms with Gasteiger partial charge in [-0.3, -0.25) is 4.79 Å². The quantitative estimate of drug-likeness (QED) is 0.396. The molecule has 0 aliphatic carbocycles. The van der Waals surface area contributed by atoms with E-state index in [1.54, 1.807) is 0 Å². The molecule has 4 nitrogen and oxygen atoms in total. The molecule has 0 aromatic rings. The number of hydrogen-bond donors (Lipinski definition) is 2. The summed E-state index contributed by atoms with van der Waals surface area (Å²) in [5.41, 5.74) is 0.00285. The minimum Gasteiger partial charge on any atom is -0.481 e. The van der Waals surface area contributed by atoms with Gasteiger partial charge in [0.1, 0.15) is 0 Å². The molecule has 5 unspecified atom stereocenters. The number of thioether (sulfide) groups is 1. The number of rotatable bonds is 14. The molecule has 0 radical (unpaired) electrons. The Hall–Kier alpha value is -0.260. The Balaban J connectivity index is 1.74. The SMILES string of the molecule is CCCCC(C)(C)C(O)CCC1C2CCC(O2)C1CSCCCCC(=O)O. The fourth-order valence-corrected chi connectivity index (χ4v) is 6.05. The van der Waals surface area contributed by atoms with Gasteiger partial charge in [0, 0.05) is 6.42 Å². The number of carbonyl (C=O) groups is 1. The Morgan fingerprint density at radius 3 is 2.56 bits per heavy atom. The van der Waals surface area contributed by atoms with E-state index in [-0.39, 0.29) is 17.9 Å². The largest absolute Gasteiger partial charge is 0.481 e. The third kappa shape index (κ3) is 6.93. The molecule has 27 heavy (non-hydrogen) atoms. The van der Waals surface area contributed by atoms with Crippen LogP contribution in [0.2, 0.25) is 0 Å². The van der Waals surface area contributed by atoms with Crippen molar-refractivity contribution in [3.63, 3.8) is 0 Å². The van der Waals surface area contributed by atoms with E-state index in [9.17, 15) is 9.90 Å². The molecule has 158 valence electrons.